The Morgan fingerprint density at radius 1 is 1.15 bits per heavy atom. The second-order valence-corrected chi connectivity index (χ2v) is 6.82. The minimum atomic E-state index is 0.0787. The van der Waals surface area contributed by atoms with Gasteiger partial charge < -0.3 is 15.6 Å². The third kappa shape index (κ3) is 3.40. The molecule has 1 saturated carbocycles. The molecule has 1 fully saturated rings. The van der Waals surface area contributed by atoms with Gasteiger partial charge in [0.2, 0.25) is 5.91 Å². The number of aromatic nitrogens is 3. The van der Waals surface area contributed by atoms with Crippen LogP contribution in [0.15, 0.2) is 36.5 Å². The van der Waals surface area contributed by atoms with Crippen molar-refractivity contribution < 1.29 is 4.79 Å². The normalized spacial score (nSPS) is 15.1. The van der Waals surface area contributed by atoms with Gasteiger partial charge in [0.05, 0.1) is 17.2 Å². The Morgan fingerprint density at radius 3 is 2.65 bits per heavy atom. The van der Waals surface area contributed by atoms with Crippen molar-refractivity contribution in [3.63, 3.8) is 0 Å². The lowest BCUT2D eigenvalue weighted by Gasteiger charge is -2.20. The smallest absolute Gasteiger partial charge is 0.228 e. The zero-order chi connectivity index (χ0) is 17.9. The summed E-state index contributed by atoms with van der Waals surface area (Å²) in [6.07, 6.45) is 7.19. The number of fused-ring (bicyclic) bond motifs is 1. The molecule has 3 aromatic rings. The topological polar surface area (TPSA) is 82.7 Å². The maximum Gasteiger partial charge on any atom is 0.228 e. The van der Waals surface area contributed by atoms with E-state index in [-0.39, 0.29) is 11.8 Å². The van der Waals surface area contributed by atoms with E-state index in [9.17, 15) is 4.79 Å². The predicted molar refractivity (Wildman–Crippen MR) is 104 cm³/mol. The van der Waals surface area contributed by atoms with Crippen molar-refractivity contribution in [1.29, 1.82) is 0 Å². The van der Waals surface area contributed by atoms with Crippen molar-refractivity contribution in [3.05, 3.63) is 36.5 Å². The van der Waals surface area contributed by atoms with Crippen molar-refractivity contribution in [2.24, 2.45) is 5.92 Å². The molecular weight excluding hydrogens is 326 g/mol. The van der Waals surface area contributed by atoms with Gasteiger partial charge in [-0.05, 0) is 37.1 Å². The lowest BCUT2D eigenvalue weighted by Crippen LogP contribution is -2.25. The van der Waals surface area contributed by atoms with Gasteiger partial charge in [0.1, 0.15) is 11.6 Å². The average molecular weight is 349 g/mol. The molecule has 2 aromatic heterocycles. The number of anilines is 2. The van der Waals surface area contributed by atoms with Crippen molar-refractivity contribution in [2.75, 3.05) is 17.7 Å². The Morgan fingerprint density at radius 2 is 1.92 bits per heavy atom. The fourth-order valence-electron chi connectivity index (χ4n) is 3.50. The maximum atomic E-state index is 12.4. The number of benzene rings is 1. The van der Waals surface area contributed by atoms with Crippen LogP contribution in [0.3, 0.4) is 0 Å². The quantitative estimate of drug-likeness (QED) is 0.660. The van der Waals surface area contributed by atoms with Gasteiger partial charge in [-0.15, -0.1) is 0 Å². The van der Waals surface area contributed by atoms with Crippen LogP contribution in [0, 0.1) is 5.92 Å². The first kappa shape index (κ1) is 16.6. The SMILES string of the molecule is CNc1ccc(-c2nc3cc(NC(=O)C4CCCCC4)ncc3[nH]2)cc1. The number of nitrogens with one attached hydrogen (secondary N) is 3. The summed E-state index contributed by atoms with van der Waals surface area (Å²) < 4.78 is 0. The highest BCUT2D eigenvalue weighted by molar-refractivity contribution is 5.93. The summed E-state index contributed by atoms with van der Waals surface area (Å²) in [6, 6.07) is 9.89. The predicted octanol–water partition coefficient (Wildman–Crippen LogP) is 4.19. The molecule has 0 bridgehead atoms. The number of nitrogens with zero attached hydrogens (tertiary/aromatic N) is 2. The summed E-state index contributed by atoms with van der Waals surface area (Å²) in [6.45, 7) is 0. The first-order valence-corrected chi connectivity index (χ1v) is 9.18. The molecule has 0 aliphatic heterocycles. The average Bonchev–Trinajstić information content (AvgIpc) is 3.12. The molecule has 1 amide bonds. The Hall–Kier alpha value is -2.89. The fraction of sp³-hybridized carbons (Fsp3) is 0.350. The number of H-pyrrole nitrogens is 1. The monoisotopic (exact) mass is 349 g/mol. The summed E-state index contributed by atoms with van der Waals surface area (Å²) in [5.74, 6) is 1.55. The number of rotatable bonds is 4. The van der Waals surface area contributed by atoms with Crippen LogP contribution in [0.4, 0.5) is 11.5 Å². The summed E-state index contributed by atoms with van der Waals surface area (Å²) in [4.78, 5) is 24.7. The third-order valence-corrected chi connectivity index (χ3v) is 5.04. The van der Waals surface area contributed by atoms with E-state index in [1.165, 1.54) is 6.42 Å². The number of amides is 1. The van der Waals surface area contributed by atoms with E-state index in [0.717, 1.165) is 53.8 Å². The number of imidazole rings is 1. The molecule has 1 aromatic carbocycles. The highest BCUT2D eigenvalue weighted by Gasteiger charge is 2.21. The minimum absolute atomic E-state index is 0.0787. The van der Waals surface area contributed by atoms with Crippen LogP contribution in [0.25, 0.3) is 22.4 Å². The van der Waals surface area contributed by atoms with Crippen molar-refractivity contribution in [2.45, 2.75) is 32.1 Å². The van der Waals surface area contributed by atoms with Gasteiger partial charge in [0.25, 0.3) is 0 Å². The Labute approximate surface area is 152 Å². The van der Waals surface area contributed by atoms with E-state index < -0.39 is 0 Å². The van der Waals surface area contributed by atoms with E-state index in [1.807, 2.05) is 37.4 Å². The molecule has 6 nitrogen and oxygen atoms in total. The van der Waals surface area contributed by atoms with Crippen LogP contribution in [0.2, 0.25) is 0 Å². The third-order valence-electron chi connectivity index (χ3n) is 5.04. The van der Waals surface area contributed by atoms with Crippen LogP contribution in [0.5, 0.6) is 0 Å². The minimum Gasteiger partial charge on any atom is -0.388 e. The van der Waals surface area contributed by atoms with Crippen molar-refractivity contribution in [1.82, 2.24) is 15.0 Å². The van der Waals surface area contributed by atoms with Crippen LogP contribution in [-0.2, 0) is 4.79 Å². The maximum absolute atomic E-state index is 12.4. The summed E-state index contributed by atoms with van der Waals surface area (Å²) in [5.41, 5.74) is 3.72. The first-order chi connectivity index (χ1) is 12.7. The Kier molecular flexibility index (Phi) is 4.56. The lowest BCUT2D eigenvalue weighted by atomic mass is 9.89. The highest BCUT2D eigenvalue weighted by atomic mass is 16.1. The molecule has 0 saturated heterocycles. The van der Waals surface area contributed by atoms with Gasteiger partial charge in [0, 0.05) is 30.3 Å². The first-order valence-electron chi connectivity index (χ1n) is 9.18. The molecule has 1 aliphatic rings. The number of hydrogen-bond donors (Lipinski definition) is 3. The Balaban J connectivity index is 1.54. The van der Waals surface area contributed by atoms with Gasteiger partial charge in [-0.1, -0.05) is 19.3 Å². The van der Waals surface area contributed by atoms with Crippen molar-refractivity contribution in [3.8, 4) is 11.4 Å². The molecule has 0 spiro atoms. The molecule has 3 N–H and O–H groups in total. The second-order valence-electron chi connectivity index (χ2n) is 6.82. The van der Waals surface area contributed by atoms with Gasteiger partial charge in [-0.25, -0.2) is 9.97 Å². The molecule has 0 atom stereocenters. The van der Waals surface area contributed by atoms with Crippen LogP contribution in [-0.4, -0.2) is 27.9 Å². The lowest BCUT2D eigenvalue weighted by molar-refractivity contribution is -0.120. The zero-order valence-corrected chi connectivity index (χ0v) is 14.9. The molecule has 0 unspecified atom stereocenters. The number of aromatic amines is 1. The molecular formula is C20H23N5O. The van der Waals surface area contributed by atoms with Gasteiger partial charge in [-0.2, -0.15) is 0 Å². The van der Waals surface area contributed by atoms with E-state index in [2.05, 4.69) is 25.6 Å². The van der Waals surface area contributed by atoms with E-state index >= 15 is 0 Å². The van der Waals surface area contributed by atoms with Gasteiger partial charge in [0.15, 0.2) is 0 Å². The molecule has 1 aliphatic carbocycles. The number of carbonyl (C=O) groups is 1. The fourth-order valence-corrected chi connectivity index (χ4v) is 3.50. The van der Waals surface area contributed by atoms with Crippen LogP contribution >= 0.6 is 0 Å². The molecule has 26 heavy (non-hydrogen) atoms. The zero-order valence-electron chi connectivity index (χ0n) is 14.9. The second kappa shape index (κ2) is 7.15. The van der Waals surface area contributed by atoms with E-state index in [4.69, 9.17) is 0 Å². The summed E-state index contributed by atoms with van der Waals surface area (Å²) in [5, 5.41) is 6.06. The van der Waals surface area contributed by atoms with Gasteiger partial charge >= 0.3 is 0 Å². The van der Waals surface area contributed by atoms with E-state index in [1.54, 1.807) is 6.20 Å². The molecule has 2 heterocycles. The summed E-state index contributed by atoms with van der Waals surface area (Å²) in [7, 11) is 1.89. The van der Waals surface area contributed by atoms with Crippen LogP contribution in [0.1, 0.15) is 32.1 Å². The molecule has 4 rings (SSSR count). The van der Waals surface area contributed by atoms with Gasteiger partial charge in [-0.3, -0.25) is 4.79 Å². The Bertz CT molecular complexity index is 910. The number of carbonyl (C=O) groups excluding carboxylic acids is 1. The number of hydrogen-bond acceptors (Lipinski definition) is 4. The molecule has 0 radical (unpaired) electrons. The molecule has 134 valence electrons. The highest BCUT2D eigenvalue weighted by Crippen LogP contribution is 2.26. The summed E-state index contributed by atoms with van der Waals surface area (Å²) >= 11 is 0. The number of pyridine rings is 1. The van der Waals surface area contributed by atoms with Crippen molar-refractivity contribution >= 4 is 28.4 Å². The largest absolute Gasteiger partial charge is 0.388 e. The standard InChI is InChI=1S/C20H23N5O/c1-21-15-9-7-13(8-10-15)19-23-16-11-18(22-12-17(16)24-19)25-20(26)14-5-3-2-4-6-14/h7-12,14,21H,2-6H2,1H3,(H,23,24)(H,22,25,26). The molecule has 6 heteroatoms. The van der Waals surface area contributed by atoms with E-state index in [0.29, 0.717) is 5.82 Å². The van der Waals surface area contributed by atoms with Crippen LogP contribution < -0.4 is 10.6 Å².